The average molecular weight is 591 g/mol. The molecule has 5 rings (SSSR count). The van der Waals surface area contributed by atoms with Gasteiger partial charge in [-0.2, -0.15) is 18.3 Å². The van der Waals surface area contributed by atoms with Gasteiger partial charge in [-0.05, 0) is 45.0 Å². The Kier molecular flexibility index (Phi) is 7.45. The fraction of sp³-hybridized carbons (Fsp3) is 0.407. The fourth-order valence-corrected chi connectivity index (χ4v) is 5.29. The van der Waals surface area contributed by atoms with Gasteiger partial charge in [-0.25, -0.2) is 19.3 Å². The fourth-order valence-electron chi connectivity index (χ4n) is 4.41. The number of ether oxygens (including phenoxy) is 3. The number of pyridine rings is 1. The zero-order valence-electron chi connectivity index (χ0n) is 23.2. The smallest absolute Gasteiger partial charge is 0.419 e. The van der Waals surface area contributed by atoms with Crippen LogP contribution in [0.3, 0.4) is 0 Å². The summed E-state index contributed by atoms with van der Waals surface area (Å²) in [7, 11) is 3.09. The Morgan fingerprint density at radius 1 is 0.976 bits per heavy atom. The molecule has 1 fully saturated rings. The number of rotatable bonds is 5. The number of anilines is 1. The second kappa shape index (κ2) is 10.7. The van der Waals surface area contributed by atoms with Crippen LogP contribution in [0.2, 0.25) is 0 Å². The van der Waals surface area contributed by atoms with E-state index in [2.05, 4.69) is 15.1 Å². The van der Waals surface area contributed by atoms with Crippen molar-refractivity contribution in [3.8, 4) is 33.3 Å². The van der Waals surface area contributed by atoms with Crippen molar-refractivity contribution in [1.82, 2.24) is 24.5 Å². The molecule has 0 unspecified atom stereocenters. The van der Waals surface area contributed by atoms with Crippen LogP contribution in [0, 0.1) is 0 Å². The lowest BCUT2D eigenvalue weighted by Crippen LogP contribution is -2.50. The third-order valence-corrected chi connectivity index (χ3v) is 7.34. The molecule has 4 heterocycles. The van der Waals surface area contributed by atoms with E-state index in [-0.39, 0.29) is 37.6 Å². The maximum atomic E-state index is 14.2. The van der Waals surface area contributed by atoms with Gasteiger partial charge in [0.1, 0.15) is 16.4 Å². The lowest BCUT2D eigenvalue weighted by Gasteiger charge is -2.37. The second-order valence-corrected chi connectivity index (χ2v) is 11.3. The summed E-state index contributed by atoms with van der Waals surface area (Å²) in [4.78, 5) is 24.6. The lowest BCUT2D eigenvalue weighted by molar-refractivity contribution is -0.137. The van der Waals surface area contributed by atoms with Gasteiger partial charge in [0.25, 0.3) is 0 Å². The van der Waals surface area contributed by atoms with Gasteiger partial charge in [0.2, 0.25) is 4.96 Å². The van der Waals surface area contributed by atoms with Crippen molar-refractivity contribution >= 4 is 28.2 Å². The summed E-state index contributed by atoms with van der Waals surface area (Å²) in [5, 5.41) is 5.21. The van der Waals surface area contributed by atoms with Crippen molar-refractivity contribution in [2.75, 3.05) is 45.3 Å². The van der Waals surface area contributed by atoms with E-state index in [1.165, 1.54) is 31.8 Å². The first kappa shape index (κ1) is 28.5. The Bertz CT molecular complexity index is 1540. The molecule has 10 nitrogen and oxygen atoms in total. The molecule has 41 heavy (non-hydrogen) atoms. The third-order valence-electron chi connectivity index (χ3n) is 6.37. The largest absolute Gasteiger partial charge is 0.493 e. The van der Waals surface area contributed by atoms with Gasteiger partial charge in [0, 0.05) is 43.5 Å². The molecule has 218 valence electrons. The Morgan fingerprint density at radius 2 is 1.68 bits per heavy atom. The number of alkyl halides is 3. The number of hydrogen-bond donors (Lipinski definition) is 0. The van der Waals surface area contributed by atoms with E-state index < -0.39 is 23.4 Å². The van der Waals surface area contributed by atoms with Crippen molar-refractivity contribution < 1.29 is 32.2 Å². The molecule has 0 N–H and O–H groups in total. The van der Waals surface area contributed by atoms with E-state index in [1.807, 2.05) is 6.07 Å². The van der Waals surface area contributed by atoms with Crippen molar-refractivity contribution in [2.24, 2.45) is 0 Å². The van der Waals surface area contributed by atoms with E-state index in [9.17, 15) is 18.0 Å². The van der Waals surface area contributed by atoms with Crippen LogP contribution in [0.25, 0.3) is 26.8 Å². The van der Waals surface area contributed by atoms with Gasteiger partial charge in [-0.3, -0.25) is 0 Å². The SMILES string of the molecule is COc1ccc(-c2nn3cc(-c4cnc(N5CCN(C(=O)OC(C)(C)C)CC5)c(C(F)(F)F)c4)nc3s2)cc1OC. The van der Waals surface area contributed by atoms with Crippen molar-refractivity contribution in [1.29, 1.82) is 0 Å². The second-order valence-electron chi connectivity index (χ2n) is 10.4. The van der Waals surface area contributed by atoms with E-state index >= 15 is 0 Å². The number of piperazine rings is 1. The van der Waals surface area contributed by atoms with Crippen LogP contribution < -0.4 is 14.4 Å². The highest BCUT2D eigenvalue weighted by atomic mass is 32.1. The summed E-state index contributed by atoms with van der Waals surface area (Å²) in [5.41, 5.74) is -0.189. The summed E-state index contributed by atoms with van der Waals surface area (Å²) in [6, 6.07) is 6.47. The number of amides is 1. The maximum absolute atomic E-state index is 14.2. The van der Waals surface area contributed by atoms with Crippen LogP contribution in [0.1, 0.15) is 26.3 Å². The average Bonchev–Trinajstić information content (AvgIpc) is 3.51. The number of hydrogen-bond acceptors (Lipinski definition) is 9. The van der Waals surface area contributed by atoms with Crippen molar-refractivity contribution in [3.63, 3.8) is 0 Å². The predicted molar refractivity (Wildman–Crippen MR) is 148 cm³/mol. The van der Waals surface area contributed by atoms with Crippen LogP contribution in [0.15, 0.2) is 36.7 Å². The first-order chi connectivity index (χ1) is 19.4. The summed E-state index contributed by atoms with van der Waals surface area (Å²) in [6.07, 6.45) is -2.17. The number of imidazole rings is 1. The summed E-state index contributed by atoms with van der Waals surface area (Å²) in [6.45, 7) is 6.12. The number of fused-ring (bicyclic) bond motifs is 1. The third kappa shape index (κ3) is 6.01. The number of benzene rings is 1. The van der Waals surface area contributed by atoms with Crippen molar-refractivity contribution in [3.05, 3.63) is 42.2 Å². The zero-order valence-corrected chi connectivity index (χ0v) is 24.0. The van der Waals surface area contributed by atoms with E-state index in [4.69, 9.17) is 14.2 Å². The molecule has 0 spiro atoms. The number of carbonyl (C=O) groups is 1. The Hall–Kier alpha value is -4.07. The minimum Gasteiger partial charge on any atom is -0.493 e. The standard InChI is InChI=1S/C27H29F3N6O4S/c1-26(2,3)40-25(37)35-10-8-34(9-11-35)22-18(27(28,29)30)12-17(14-31-22)19-15-36-24(32-19)41-23(33-36)16-6-7-20(38-4)21(13-16)39-5/h6-7,12-15H,8-11H2,1-5H3. The first-order valence-electron chi connectivity index (χ1n) is 12.8. The predicted octanol–water partition coefficient (Wildman–Crippen LogP) is 5.61. The molecule has 1 saturated heterocycles. The van der Waals surface area contributed by atoms with Gasteiger partial charge in [-0.1, -0.05) is 11.3 Å². The molecule has 0 atom stereocenters. The Labute approximate surface area is 238 Å². The van der Waals surface area contributed by atoms with Crippen LogP contribution in [0.5, 0.6) is 11.5 Å². The van der Waals surface area contributed by atoms with E-state index in [0.29, 0.717) is 27.2 Å². The summed E-state index contributed by atoms with van der Waals surface area (Å²) in [5.74, 6) is 0.955. The van der Waals surface area contributed by atoms with Gasteiger partial charge in [-0.15, -0.1) is 0 Å². The maximum Gasteiger partial charge on any atom is 0.419 e. The molecule has 1 amide bonds. The molecule has 0 radical (unpaired) electrons. The van der Waals surface area contributed by atoms with Crippen LogP contribution in [-0.2, 0) is 10.9 Å². The number of methoxy groups -OCH3 is 2. The normalized spacial score (nSPS) is 14.4. The molecule has 14 heteroatoms. The molecule has 3 aromatic heterocycles. The number of aromatic nitrogens is 4. The topological polar surface area (TPSA) is 94.3 Å². The van der Waals surface area contributed by atoms with Gasteiger partial charge in [0.15, 0.2) is 11.5 Å². The molecule has 4 aromatic rings. The van der Waals surface area contributed by atoms with E-state index in [1.54, 1.807) is 53.3 Å². The highest BCUT2D eigenvalue weighted by Crippen LogP contribution is 2.39. The lowest BCUT2D eigenvalue weighted by atomic mass is 10.1. The quantitative estimate of drug-likeness (QED) is 0.296. The monoisotopic (exact) mass is 590 g/mol. The first-order valence-corrected chi connectivity index (χ1v) is 13.6. The summed E-state index contributed by atoms with van der Waals surface area (Å²) >= 11 is 1.29. The minimum absolute atomic E-state index is 0.181. The Balaban J connectivity index is 1.38. The molecule has 1 aromatic carbocycles. The van der Waals surface area contributed by atoms with E-state index in [0.717, 1.165) is 11.6 Å². The van der Waals surface area contributed by atoms with Gasteiger partial charge < -0.3 is 24.0 Å². The minimum atomic E-state index is -4.64. The molecular formula is C27H29F3N6O4S. The van der Waals surface area contributed by atoms with Gasteiger partial charge >= 0.3 is 12.3 Å². The van der Waals surface area contributed by atoms with Crippen molar-refractivity contribution in [2.45, 2.75) is 32.5 Å². The Morgan fingerprint density at radius 3 is 2.29 bits per heavy atom. The molecular weight excluding hydrogens is 561 g/mol. The number of halogens is 3. The molecule has 0 bridgehead atoms. The van der Waals surface area contributed by atoms with Gasteiger partial charge in [0.05, 0.1) is 31.7 Å². The van der Waals surface area contributed by atoms with Crippen LogP contribution in [-0.4, -0.2) is 76.6 Å². The number of nitrogens with zero attached hydrogens (tertiary/aromatic N) is 6. The molecule has 1 aliphatic heterocycles. The van der Waals surface area contributed by atoms with Crippen LogP contribution >= 0.6 is 11.3 Å². The molecule has 0 aliphatic carbocycles. The number of carbonyl (C=O) groups excluding carboxylic acids is 1. The van der Waals surface area contributed by atoms with Crippen LogP contribution in [0.4, 0.5) is 23.8 Å². The summed E-state index contributed by atoms with van der Waals surface area (Å²) < 4.78 is 60.1. The molecule has 1 aliphatic rings. The highest BCUT2D eigenvalue weighted by molar-refractivity contribution is 7.19. The highest BCUT2D eigenvalue weighted by Gasteiger charge is 2.38. The molecule has 0 saturated carbocycles. The zero-order chi connectivity index (χ0) is 29.5.